The Hall–Kier alpha value is -1.22. The van der Waals surface area contributed by atoms with Gasteiger partial charge in [-0.15, -0.1) is 0 Å². The van der Waals surface area contributed by atoms with Gasteiger partial charge in [0.1, 0.15) is 24.7 Å². The van der Waals surface area contributed by atoms with Crippen molar-refractivity contribution in [3.63, 3.8) is 0 Å². The van der Waals surface area contributed by atoms with Crippen molar-refractivity contribution in [2.45, 2.75) is 0 Å². The summed E-state index contributed by atoms with van der Waals surface area (Å²) < 4.78 is 11.6. The van der Waals surface area contributed by atoms with Gasteiger partial charge in [0, 0.05) is 0 Å². The highest BCUT2D eigenvalue weighted by molar-refractivity contribution is 5.31. The molecule has 0 aromatic heterocycles. The lowest BCUT2D eigenvalue weighted by molar-refractivity contribution is -0.870. The molecule has 3 heteroatoms. The van der Waals surface area contributed by atoms with Crippen molar-refractivity contribution in [2.75, 3.05) is 41.4 Å². The molecule has 0 bridgehead atoms. The Balaban J connectivity index is 2.38. The lowest BCUT2D eigenvalue weighted by atomic mass is 10.3. The van der Waals surface area contributed by atoms with E-state index in [1.165, 1.54) is 0 Å². The molecule has 84 valence electrons. The largest absolute Gasteiger partial charge is 0.497 e. The number of hydrogen-bond donors (Lipinski definition) is 0. The van der Waals surface area contributed by atoms with Gasteiger partial charge in [0.15, 0.2) is 0 Å². The second-order valence-electron chi connectivity index (χ2n) is 4.54. The smallest absolute Gasteiger partial charge is 0.137 e. The molecule has 15 heavy (non-hydrogen) atoms. The Morgan fingerprint density at radius 1 is 1.00 bits per heavy atom. The maximum Gasteiger partial charge on any atom is 0.137 e. The third-order valence-corrected chi connectivity index (χ3v) is 2.09. The highest BCUT2D eigenvalue weighted by Gasteiger charge is 2.06. The van der Waals surface area contributed by atoms with Gasteiger partial charge in [-0.05, 0) is 24.3 Å². The van der Waals surface area contributed by atoms with Crippen molar-refractivity contribution in [3.8, 4) is 11.5 Å². The molecule has 0 aliphatic heterocycles. The van der Waals surface area contributed by atoms with Crippen LogP contribution in [-0.2, 0) is 0 Å². The lowest BCUT2D eigenvalue weighted by Gasteiger charge is -2.23. The van der Waals surface area contributed by atoms with E-state index in [0.717, 1.165) is 29.1 Å². The van der Waals surface area contributed by atoms with Gasteiger partial charge in [-0.3, -0.25) is 0 Å². The van der Waals surface area contributed by atoms with Crippen LogP contribution < -0.4 is 9.47 Å². The molecule has 1 rings (SSSR count). The van der Waals surface area contributed by atoms with Gasteiger partial charge < -0.3 is 14.0 Å². The Morgan fingerprint density at radius 2 is 1.53 bits per heavy atom. The first kappa shape index (κ1) is 11.9. The molecule has 0 atom stereocenters. The number of nitrogens with zero attached hydrogens (tertiary/aromatic N) is 1. The van der Waals surface area contributed by atoms with E-state index in [1.807, 2.05) is 24.3 Å². The molecule has 1 aromatic carbocycles. The van der Waals surface area contributed by atoms with Gasteiger partial charge in [0.25, 0.3) is 0 Å². The van der Waals surface area contributed by atoms with Crippen molar-refractivity contribution in [2.24, 2.45) is 0 Å². The van der Waals surface area contributed by atoms with Crippen LogP contribution in [0.5, 0.6) is 11.5 Å². The highest BCUT2D eigenvalue weighted by atomic mass is 16.5. The molecule has 0 N–H and O–H groups in total. The molecule has 0 spiro atoms. The normalized spacial score (nSPS) is 11.2. The third-order valence-electron chi connectivity index (χ3n) is 2.09. The molecule has 0 saturated heterocycles. The zero-order chi connectivity index (χ0) is 11.3. The fraction of sp³-hybridized carbons (Fsp3) is 0.500. The molecule has 0 fully saturated rings. The zero-order valence-electron chi connectivity index (χ0n) is 9.99. The topological polar surface area (TPSA) is 18.5 Å². The summed E-state index contributed by atoms with van der Waals surface area (Å²) in [4.78, 5) is 0. The minimum atomic E-state index is 0.732. The second kappa shape index (κ2) is 5.03. The van der Waals surface area contributed by atoms with Crippen molar-refractivity contribution in [3.05, 3.63) is 24.3 Å². The molecular weight excluding hydrogens is 190 g/mol. The zero-order valence-corrected chi connectivity index (χ0v) is 9.99. The lowest BCUT2D eigenvalue weighted by Crippen LogP contribution is -2.38. The summed E-state index contributed by atoms with van der Waals surface area (Å²) in [5, 5.41) is 0. The summed E-state index contributed by atoms with van der Waals surface area (Å²) in [5.74, 6) is 1.75. The summed E-state index contributed by atoms with van der Waals surface area (Å²) >= 11 is 0. The second-order valence-corrected chi connectivity index (χ2v) is 4.54. The van der Waals surface area contributed by atoms with Gasteiger partial charge in [0.2, 0.25) is 0 Å². The molecule has 3 nitrogen and oxygen atoms in total. The number of hydrogen-bond acceptors (Lipinski definition) is 2. The van der Waals surface area contributed by atoms with Gasteiger partial charge in [0.05, 0.1) is 28.3 Å². The predicted molar refractivity (Wildman–Crippen MR) is 61.4 cm³/mol. The molecule has 0 unspecified atom stereocenters. The maximum atomic E-state index is 5.61. The van der Waals surface area contributed by atoms with E-state index in [0.29, 0.717) is 0 Å². The van der Waals surface area contributed by atoms with Crippen LogP contribution in [0.15, 0.2) is 24.3 Å². The summed E-state index contributed by atoms with van der Waals surface area (Å²) in [6.07, 6.45) is 0. The number of quaternary nitrogens is 1. The summed E-state index contributed by atoms with van der Waals surface area (Å²) in [6.45, 7) is 1.72. The maximum absolute atomic E-state index is 5.61. The van der Waals surface area contributed by atoms with Gasteiger partial charge in [-0.1, -0.05) is 0 Å². The van der Waals surface area contributed by atoms with Crippen LogP contribution in [0, 0.1) is 0 Å². The van der Waals surface area contributed by atoms with E-state index in [-0.39, 0.29) is 0 Å². The summed E-state index contributed by atoms with van der Waals surface area (Å²) in [6, 6.07) is 7.66. The Kier molecular flexibility index (Phi) is 3.97. The van der Waals surface area contributed by atoms with Crippen LogP contribution in [-0.4, -0.2) is 45.9 Å². The number of likely N-dealkylation sites (N-methyl/N-ethyl adjacent to an activating group) is 1. The summed E-state index contributed by atoms with van der Waals surface area (Å²) in [5.41, 5.74) is 0. The molecule has 0 saturated carbocycles. The van der Waals surface area contributed by atoms with E-state index in [2.05, 4.69) is 21.1 Å². The fourth-order valence-electron chi connectivity index (χ4n) is 1.11. The number of methoxy groups -OCH3 is 1. The van der Waals surface area contributed by atoms with Crippen LogP contribution in [0.1, 0.15) is 0 Å². The molecule has 0 aliphatic carbocycles. The van der Waals surface area contributed by atoms with E-state index < -0.39 is 0 Å². The third kappa shape index (κ3) is 4.70. The number of rotatable bonds is 5. The van der Waals surface area contributed by atoms with E-state index in [4.69, 9.17) is 9.47 Å². The first-order valence-corrected chi connectivity index (χ1v) is 5.08. The van der Waals surface area contributed by atoms with Crippen molar-refractivity contribution in [1.29, 1.82) is 0 Å². The first-order valence-electron chi connectivity index (χ1n) is 5.08. The standard InChI is InChI=1S/C12H20NO2/c1-13(2,3)9-10-15-12-7-5-11(14-4)6-8-12/h5-8H,9-10H2,1-4H3/q+1. The van der Waals surface area contributed by atoms with Crippen LogP contribution in [0.4, 0.5) is 0 Å². The predicted octanol–water partition coefficient (Wildman–Crippen LogP) is 1.78. The van der Waals surface area contributed by atoms with Crippen LogP contribution in [0.2, 0.25) is 0 Å². The molecule has 1 aromatic rings. The first-order chi connectivity index (χ1) is 7.01. The number of benzene rings is 1. The van der Waals surface area contributed by atoms with Gasteiger partial charge >= 0.3 is 0 Å². The van der Waals surface area contributed by atoms with E-state index >= 15 is 0 Å². The van der Waals surface area contributed by atoms with Crippen LogP contribution >= 0.6 is 0 Å². The van der Waals surface area contributed by atoms with Crippen molar-refractivity contribution < 1.29 is 14.0 Å². The molecule has 0 aliphatic rings. The van der Waals surface area contributed by atoms with Gasteiger partial charge in [-0.2, -0.15) is 0 Å². The molecule has 0 heterocycles. The fourth-order valence-corrected chi connectivity index (χ4v) is 1.11. The minimum Gasteiger partial charge on any atom is -0.497 e. The number of ether oxygens (including phenoxy) is 2. The minimum absolute atomic E-state index is 0.732. The highest BCUT2D eigenvalue weighted by Crippen LogP contribution is 2.16. The molecule has 0 radical (unpaired) electrons. The van der Waals surface area contributed by atoms with Gasteiger partial charge in [-0.25, -0.2) is 0 Å². The average molecular weight is 210 g/mol. The van der Waals surface area contributed by atoms with E-state index in [1.54, 1.807) is 7.11 Å². The van der Waals surface area contributed by atoms with Crippen LogP contribution in [0.25, 0.3) is 0 Å². The Morgan fingerprint density at radius 3 is 2.00 bits per heavy atom. The average Bonchev–Trinajstić information content (AvgIpc) is 2.17. The molecular formula is C12H20NO2+. The van der Waals surface area contributed by atoms with Crippen molar-refractivity contribution in [1.82, 2.24) is 0 Å². The summed E-state index contributed by atoms with van der Waals surface area (Å²) in [7, 11) is 8.11. The van der Waals surface area contributed by atoms with E-state index in [9.17, 15) is 0 Å². The Labute approximate surface area is 91.8 Å². The Bertz CT molecular complexity index is 287. The quantitative estimate of drug-likeness (QED) is 0.690. The molecule has 0 amide bonds. The van der Waals surface area contributed by atoms with Crippen LogP contribution in [0.3, 0.4) is 0 Å². The SMILES string of the molecule is COc1ccc(OCC[N+](C)(C)C)cc1. The van der Waals surface area contributed by atoms with Crippen molar-refractivity contribution >= 4 is 0 Å². The monoisotopic (exact) mass is 210 g/mol.